The van der Waals surface area contributed by atoms with Gasteiger partial charge in [0.15, 0.2) is 11.5 Å². The van der Waals surface area contributed by atoms with Crippen LogP contribution in [-0.2, 0) is 0 Å². The minimum Gasteiger partial charge on any atom is -0.493 e. The van der Waals surface area contributed by atoms with Gasteiger partial charge >= 0.3 is 0 Å². The molecule has 25 heavy (non-hydrogen) atoms. The number of benzene rings is 2. The smallest absolute Gasteiger partial charge is 0.270 e. The molecule has 3 aromatic rings. The number of ether oxygens (including phenoxy) is 2. The van der Waals surface area contributed by atoms with E-state index >= 15 is 0 Å². The third-order valence-electron chi connectivity index (χ3n) is 4.09. The monoisotopic (exact) mass is 336 g/mol. The second kappa shape index (κ2) is 7.21. The van der Waals surface area contributed by atoms with E-state index in [4.69, 9.17) is 9.47 Å². The number of fused-ring (bicyclic) bond motifs is 1. The fraction of sp³-hybridized carbons (Fsp3) is 0.200. The average Bonchev–Trinajstić information content (AvgIpc) is 2.66. The number of nitrogens with one attached hydrogen (secondary N) is 1. The van der Waals surface area contributed by atoms with Gasteiger partial charge in [0.1, 0.15) is 5.69 Å². The fourth-order valence-corrected chi connectivity index (χ4v) is 2.67. The van der Waals surface area contributed by atoms with Gasteiger partial charge in [-0.05, 0) is 36.8 Å². The van der Waals surface area contributed by atoms with Crippen LogP contribution in [0.5, 0.6) is 11.5 Å². The van der Waals surface area contributed by atoms with Crippen LogP contribution in [0.3, 0.4) is 0 Å². The van der Waals surface area contributed by atoms with Crippen LogP contribution in [0.1, 0.15) is 29.0 Å². The highest BCUT2D eigenvalue weighted by Crippen LogP contribution is 2.29. The van der Waals surface area contributed by atoms with Crippen LogP contribution in [-0.4, -0.2) is 25.1 Å². The van der Waals surface area contributed by atoms with E-state index < -0.39 is 0 Å². The quantitative estimate of drug-likeness (QED) is 0.771. The Balaban J connectivity index is 1.79. The number of hydrogen-bond acceptors (Lipinski definition) is 4. The van der Waals surface area contributed by atoms with E-state index in [0.717, 1.165) is 16.5 Å². The third-order valence-corrected chi connectivity index (χ3v) is 4.09. The molecule has 0 bridgehead atoms. The summed E-state index contributed by atoms with van der Waals surface area (Å²) in [6.07, 6.45) is 0. The Morgan fingerprint density at radius 1 is 1.00 bits per heavy atom. The van der Waals surface area contributed by atoms with Gasteiger partial charge in [-0.2, -0.15) is 0 Å². The maximum absolute atomic E-state index is 12.5. The topological polar surface area (TPSA) is 60.5 Å². The number of aromatic nitrogens is 1. The van der Waals surface area contributed by atoms with E-state index in [-0.39, 0.29) is 11.9 Å². The summed E-state index contributed by atoms with van der Waals surface area (Å²) in [5, 5.41) is 3.97. The summed E-state index contributed by atoms with van der Waals surface area (Å²) in [5.74, 6) is 1.07. The van der Waals surface area contributed by atoms with Gasteiger partial charge in [0.25, 0.3) is 5.91 Å². The van der Waals surface area contributed by atoms with E-state index in [1.54, 1.807) is 20.3 Å². The molecule has 1 aromatic heterocycles. The molecule has 1 amide bonds. The highest BCUT2D eigenvalue weighted by atomic mass is 16.5. The van der Waals surface area contributed by atoms with Crippen molar-refractivity contribution in [1.29, 1.82) is 0 Å². The molecule has 1 unspecified atom stereocenters. The summed E-state index contributed by atoms with van der Waals surface area (Å²) < 4.78 is 10.6. The number of para-hydroxylation sites is 1. The van der Waals surface area contributed by atoms with Crippen molar-refractivity contribution in [3.63, 3.8) is 0 Å². The summed E-state index contributed by atoms with van der Waals surface area (Å²) in [4.78, 5) is 16.9. The molecule has 0 fully saturated rings. The molecular weight excluding hydrogens is 316 g/mol. The lowest BCUT2D eigenvalue weighted by Crippen LogP contribution is -2.27. The molecule has 0 aliphatic rings. The van der Waals surface area contributed by atoms with E-state index in [1.165, 1.54) is 0 Å². The molecule has 2 aromatic carbocycles. The average molecular weight is 336 g/mol. The molecule has 0 aliphatic heterocycles. The molecule has 0 saturated carbocycles. The lowest BCUT2D eigenvalue weighted by Gasteiger charge is -2.16. The Labute approximate surface area is 146 Å². The van der Waals surface area contributed by atoms with Gasteiger partial charge in [0.2, 0.25) is 0 Å². The molecule has 128 valence electrons. The van der Waals surface area contributed by atoms with Crippen LogP contribution in [0.4, 0.5) is 0 Å². The van der Waals surface area contributed by atoms with Crippen molar-refractivity contribution in [2.75, 3.05) is 14.2 Å². The summed E-state index contributed by atoms with van der Waals surface area (Å²) in [7, 11) is 3.18. The first-order chi connectivity index (χ1) is 12.1. The maximum atomic E-state index is 12.5. The number of carbonyl (C=O) groups is 1. The predicted octanol–water partition coefficient (Wildman–Crippen LogP) is 3.74. The van der Waals surface area contributed by atoms with Crippen molar-refractivity contribution in [2.24, 2.45) is 0 Å². The lowest BCUT2D eigenvalue weighted by molar-refractivity contribution is 0.0935. The van der Waals surface area contributed by atoms with Crippen molar-refractivity contribution in [3.05, 3.63) is 65.9 Å². The summed E-state index contributed by atoms with van der Waals surface area (Å²) in [6, 6.07) is 16.7. The van der Waals surface area contributed by atoms with Crippen LogP contribution in [0.25, 0.3) is 10.9 Å². The van der Waals surface area contributed by atoms with Gasteiger partial charge in [-0.15, -0.1) is 0 Å². The first-order valence-electron chi connectivity index (χ1n) is 8.01. The van der Waals surface area contributed by atoms with Gasteiger partial charge < -0.3 is 14.8 Å². The maximum Gasteiger partial charge on any atom is 0.270 e. The molecule has 0 aliphatic carbocycles. The Bertz CT molecular complexity index is 908. The summed E-state index contributed by atoms with van der Waals surface area (Å²) >= 11 is 0. The zero-order valence-electron chi connectivity index (χ0n) is 14.4. The van der Waals surface area contributed by atoms with Crippen LogP contribution in [0, 0.1) is 0 Å². The molecule has 1 atom stereocenters. The zero-order chi connectivity index (χ0) is 17.8. The molecule has 5 nitrogen and oxygen atoms in total. The molecular formula is C20H20N2O3. The Hall–Kier alpha value is -3.08. The van der Waals surface area contributed by atoms with Gasteiger partial charge in [0.05, 0.1) is 25.8 Å². The van der Waals surface area contributed by atoms with Crippen LogP contribution in [0.2, 0.25) is 0 Å². The van der Waals surface area contributed by atoms with Gasteiger partial charge in [-0.3, -0.25) is 4.79 Å². The molecule has 0 saturated heterocycles. The SMILES string of the molecule is COc1ccc(C(C)NC(=O)c2ccc3ccccc3n2)cc1OC. The van der Waals surface area contributed by atoms with E-state index in [2.05, 4.69) is 10.3 Å². The lowest BCUT2D eigenvalue weighted by atomic mass is 10.1. The van der Waals surface area contributed by atoms with Gasteiger partial charge in [0, 0.05) is 5.39 Å². The highest BCUT2D eigenvalue weighted by molar-refractivity contribution is 5.95. The molecule has 0 radical (unpaired) electrons. The Morgan fingerprint density at radius 2 is 1.76 bits per heavy atom. The van der Waals surface area contributed by atoms with Crippen molar-refractivity contribution in [1.82, 2.24) is 10.3 Å². The first-order valence-corrected chi connectivity index (χ1v) is 8.01. The molecule has 1 N–H and O–H groups in total. The first kappa shape index (κ1) is 16.8. The Kier molecular flexibility index (Phi) is 4.84. The third kappa shape index (κ3) is 3.55. The number of methoxy groups -OCH3 is 2. The Morgan fingerprint density at radius 3 is 2.52 bits per heavy atom. The van der Waals surface area contributed by atoms with Crippen LogP contribution in [0.15, 0.2) is 54.6 Å². The zero-order valence-corrected chi connectivity index (χ0v) is 14.4. The minimum atomic E-state index is -0.215. The fourth-order valence-electron chi connectivity index (χ4n) is 2.67. The number of nitrogens with zero attached hydrogens (tertiary/aromatic N) is 1. The number of hydrogen-bond donors (Lipinski definition) is 1. The standard InChI is InChI=1S/C20H20N2O3/c1-13(15-9-11-18(24-2)19(12-15)25-3)21-20(23)17-10-8-14-6-4-5-7-16(14)22-17/h4-13H,1-3H3,(H,21,23). The van der Waals surface area contributed by atoms with Crippen LogP contribution < -0.4 is 14.8 Å². The van der Waals surface area contributed by atoms with Crippen molar-refractivity contribution in [2.45, 2.75) is 13.0 Å². The summed E-state index contributed by atoms with van der Waals surface area (Å²) in [5.41, 5.74) is 2.12. The molecule has 5 heteroatoms. The summed E-state index contributed by atoms with van der Waals surface area (Å²) in [6.45, 7) is 1.92. The van der Waals surface area contributed by atoms with Gasteiger partial charge in [-0.1, -0.05) is 30.3 Å². The largest absolute Gasteiger partial charge is 0.493 e. The van der Waals surface area contributed by atoms with Crippen LogP contribution >= 0.6 is 0 Å². The minimum absolute atomic E-state index is 0.194. The normalized spacial score (nSPS) is 11.8. The number of carbonyl (C=O) groups excluding carboxylic acids is 1. The molecule has 3 rings (SSSR count). The molecule has 1 heterocycles. The van der Waals surface area contributed by atoms with E-state index in [0.29, 0.717) is 17.2 Å². The van der Waals surface area contributed by atoms with Gasteiger partial charge in [-0.25, -0.2) is 4.98 Å². The molecule has 0 spiro atoms. The van der Waals surface area contributed by atoms with Crippen molar-refractivity contribution >= 4 is 16.8 Å². The number of rotatable bonds is 5. The van der Waals surface area contributed by atoms with Crippen molar-refractivity contribution in [3.8, 4) is 11.5 Å². The predicted molar refractivity (Wildman–Crippen MR) is 97.2 cm³/mol. The van der Waals surface area contributed by atoms with Crippen molar-refractivity contribution < 1.29 is 14.3 Å². The highest BCUT2D eigenvalue weighted by Gasteiger charge is 2.15. The van der Waals surface area contributed by atoms with E-state index in [1.807, 2.05) is 55.5 Å². The second-order valence-electron chi connectivity index (χ2n) is 5.70. The van der Waals surface area contributed by atoms with E-state index in [9.17, 15) is 4.79 Å². The second-order valence-corrected chi connectivity index (χ2v) is 5.70. The number of amides is 1. The number of pyridine rings is 1.